The summed E-state index contributed by atoms with van der Waals surface area (Å²) >= 11 is 0. The van der Waals surface area contributed by atoms with Crippen LogP contribution in [0.25, 0.3) is 0 Å². The Morgan fingerprint density at radius 1 is 1.17 bits per heavy atom. The Bertz CT molecular complexity index is 760. The van der Waals surface area contributed by atoms with Crippen LogP contribution in [0.1, 0.15) is 5.56 Å². The lowest BCUT2D eigenvalue weighted by Crippen LogP contribution is -2.47. The Morgan fingerprint density at radius 3 is 2.65 bits per heavy atom. The second kappa shape index (κ2) is 6.10. The summed E-state index contributed by atoms with van der Waals surface area (Å²) in [6, 6.07) is 12.5. The van der Waals surface area contributed by atoms with Crippen LogP contribution in [0.3, 0.4) is 0 Å². The van der Waals surface area contributed by atoms with Crippen molar-refractivity contribution in [3.05, 3.63) is 48.0 Å². The quantitative estimate of drug-likeness (QED) is 0.597. The molecule has 1 atom stereocenters. The zero-order valence-corrected chi connectivity index (χ0v) is 12.7. The first-order valence-corrected chi connectivity index (χ1v) is 7.21. The van der Waals surface area contributed by atoms with Crippen molar-refractivity contribution in [2.24, 2.45) is 5.73 Å². The van der Waals surface area contributed by atoms with Gasteiger partial charge >= 0.3 is 0 Å². The highest BCUT2D eigenvalue weighted by Gasteiger charge is 2.26. The third-order valence-corrected chi connectivity index (χ3v) is 3.77. The first-order chi connectivity index (χ1) is 11.1. The van der Waals surface area contributed by atoms with Crippen molar-refractivity contribution in [1.82, 2.24) is 0 Å². The van der Waals surface area contributed by atoms with Crippen molar-refractivity contribution in [2.45, 2.75) is 12.5 Å². The van der Waals surface area contributed by atoms with Gasteiger partial charge in [0.1, 0.15) is 23.1 Å². The van der Waals surface area contributed by atoms with Crippen molar-refractivity contribution >= 4 is 17.9 Å². The highest BCUT2D eigenvalue weighted by atomic mass is 16.5. The van der Waals surface area contributed by atoms with E-state index in [9.17, 15) is 0 Å². The summed E-state index contributed by atoms with van der Waals surface area (Å²) in [6.45, 7) is 0. The molecule has 1 aliphatic rings. The van der Waals surface area contributed by atoms with Crippen LogP contribution in [-0.2, 0) is 6.42 Å². The molecule has 0 aliphatic carbocycles. The molecule has 2 aromatic rings. The van der Waals surface area contributed by atoms with Crippen molar-refractivity contribution in [3.63, 3.8) is 0 Å². The van der Waals surface area contributed by atoms with Crippen LogP contribution in [-0.4, -0.2) is 25.3 Å². The number of nitrogens with two attached hydrogens (primary N) is 1. The molecule has 0 fully saturated rings. The van der Waals surface area contributed by atoms with E-state index in [1.54, 1.807) is 7.11 Å². The normalized spacial score (nSPS) is 16.7. The predicted octanol–water partition coefficient (Wildman–Crippen LogP) is 2.76. The van der Waals surface area contributed by atoms with Gasteiger partial charge in [0.15, 0.2) is 0 Å². The van der Waals surface area contributed by atoms with Gasteiger partial charge in [0, 0.05) is 6.07 Å². The molecule has 1 heterocycles. The third kappa shape index (κ3) is 2.89. The highest BCUT2D eigenvalue weighted by Crippen LogP contribution is 2.32. The molecular formula is C17H18N4O2. The maximum Gasteiger partial charge on any atom is 0.131 e. The fourth-order valence-electron chi connectivity index (χ4n) is 2.61. The van der Waals surface area contributed by atoms with Crippen LogP contribution >= 0.6 is 0 Å². The maximum atomic E-state index is 7.97. The molecule has 6 nitrogen and oxygen atoms in total. The van der Waals surface area contributed by atoms with Gasteiger partial charge in [0.25, 0.3) is 0 Å². The summed E-state index contributed by atoms with van der Waals surface area (Å²) in [6.07, 6.45) is 1.66. The Hall–Kier alpha value is -2.86. The van der Waals surface area contributed by atoms with Gasteiger partial charge in [-0.1, -0.05) is 6.07 Å². The molecule has 0 bridgehead atoms. The number of hydrogen-bond donors (Lipinski definition) is 3. The van der Waals surface area contributed by atoms with E-state index in [0.29, 0.717) is 17.9 Å². The predicted molar refractivity (Wildman–Crippen MR) is 90.2 cm³/mol. The lowest BCUT2D eigenvalue weighted by molar-refractivity contribution is 0.409. The van der Waals surface area contributed by atoms with E-state index >= 15 is 0 Å². The smallest absolute Gasteiger partial charge is 0.131 e. The van der Waals surface area contributed by atoms with Gasteiger partial charge in [-0.15, -0.1) is 0 Å². The number of fused-ring (bicyclic) bond motifs is 1. The molecule has 0 spiro atoms. The number of nitrogens with zero attached hydrogens (tertiary/aromatic N) is 1. The standard InChI is InChI=1S/C17H18N4O2/c1-22-12-3-2-4-13(9-12)23-14-5-6-16-11(7-14)8-15(19)17(20)21(16)10-18/h2-7,9-10,15,18,20H,8,19H2,1H3. The summed E-state index contributed by atoms with van der Waals surface area (Å²) in [4.78, 5) is 1.48. The Kier molecular flexibility index (Phi) is 3.99. The van der Waals surface area contributed by atoms with Crippen molar-refractivity contribution in [2.75, 3.05) is 12.0 Å². The van der Waals surface area contributed by atoms with Gasteiger partial charge in [-0.3, -0.25) is 15.7 Å². The minimum atomic E-state index is -0.420. The highest BCUT2D eigenvalue weighted by molar-refractivity contribution is 6.13. The van der Waals surface area contributed by atoms with Gasteiger partial charge in [-0.2, -0.15) is 0 Å². The molecule has 4 N–H and O–H groups in total. The fraction of sp³-hybridized carbons (Fsp3) is 0.176. The van der Waals surface area contributed by atoms with Crippen LogP contribution in [0, 0.1) is 10.8 Å². The molecule has 6 heteroatoms. The topological polar surface area (TPSA) is 95.4 Å². The molecule has 1 unspecified atom stereocenters. The molecule has 1 aliphatic heterocycles. The van der Waals surface area contributed by atoms with Gasteiger partial charge in [-0.25, -0.2) is 0 Å². The molecule has 3 rings (SSSR count). The second-order valence-electron chi connectivity index (χ2n) is 5.27. The average Bonchev–Trinajstić information content (AvgIpc) is 2.56. The van der Waals surface area contributed by atoms with Crippen molar-refractivity contribution in [3.8, 4) is 17.2 Å². The van der Waals surface area contributed by atoms with Gasteiger partial charge in [0.2, 0.25) is 0 Å². The second-order valence-corrected chi connectivity index (χ2v) is 5.27. The Labute approximate surface area is 134 Å². The third-order valence-electron chi connectivity index (χ3n) is 3.77. The Morgan fingerprint density at radius 2 is 1.91 bits per heavy atom. The van der Waals surface area contributed by atoms with Gasteiger partial charge < -0.3 is 15.2 Å². The summed E-state index contributed by atoms with van der Waals surface area (Å²) in [5.74, 6) is 2.32. The molecular weight excluding hydrogens is 292 g/mol. The monoisotopic (exact) mass is 310 g/mol. The van der Waals surface area contributed by atoms with E-state index in [-0.39, 0.29) is 5.84 Å². The van der Waals surface area contributed by atoms with Crippen molar-refractivity contribution < 1.29 is 9.47 Å². The number of hydrogen-bond acceptors (Lipinski definition) is 5. The summed E-state index contributed by atoms with van der Waals surface area (Å²) in [5, 5.41) is 15.5. The lowest BCUT2D eigenvalue weighted by atomic mass is 9.97. The molecule has 0 radical (unpaired) electrons. The minimum Gasteiger partial charge on any atom is -0.497 e. The molecule has 23 heavy (non-hydrogen) atoms. The zero-order chi connectivity index (χ0) is 16.4. The number of nitrogens with one attached hydrogen (secondary N) is 2. The van der Waals surface area contributed by atoms with Crippen LogP contribution in [0.2, 0.25) is 0 Å². The summed E-state index contributed by atoms with van der Waals surface area (Å²) in [5.41, 5.74) is 7.72. The lowest BCUT2D eigenvalue weighted by Gasteiger charge is -2.31. The first kappa shape index (κ1) is 15.1. The van der Waals surface area contributed by atoms with E-state index in [1.165, 1.54) is 4.90 Å². The van der Waals surface area contributed by atoms with Gasteiger partial charge in [-0.05, 0) is 42.3 Å². The average molecular weight is 310 g/mol. The molecule has 0 saturated heterocycles. The zero-order valence-electron chi connectivity index (χ0n) is 12.7. The number of rotatable bonds is 4. The van der Waals surface area contributed by atoms with Crippen LogP contribution in [0.4, 0.5) is 5.69 Å². The van der Waals surface area contributed by atoms with E-state index in [1.807, 2.05) is 42.5 Å². The first-order valence-electron chi connectivity index (χ1n) is 7.21. The van der Waals surface area contributed by atoms with E-state index in [4.69, 9.17) is 26.0 Å². The van der Waals surface area contributed by atoms with E-state index < -0.39 is 6.04 Å². The molecule has 0 aromatic heterocycles. The number of amidine groups is 1. The summed E-state index contributed by atoms with van der Waals surface area (Å²) in [7, 11) is 1.61. The number of anilines is 1. The minimum absolute atomic E-state index is 0.231. The van der Waals surface area contributed by atoms with E-state index in [2.05, 4.69) is 0 Å². The maximum absolute atomic E-state index is 7.97. The number of benzene rings is 2. The molecule has 118 valence electrons. The van der Waals surface area contributed by atoms with Crippen LogP contribution in [0.5, 0.6) is 17.2 Å². The van der Waals surface area contributed by atoms with E-state index in [0.717, 1.165) is 23.3 Å². The molecule has 0 amide bonds. The SMILES string of the molecule is COc1cccc(Oc2ccc3c(c2)CC(N)C(=N)N3C=N)c1. The summed E-state index contributed by atoms with van der Waals surface area (Å²) < 4.78 is 11.1. The van der Waals surface area contributed by atoms with Gasteiger partial charge in [0.05, 0.1) is 25.2 Å². The van der Waals surface area contributed by atoms with Crippen molar-refractivity contribution in [1.29, 1.82) is 10.8 Å². The van der Waals surface area contributed by atoms with Crippen LogP contribution in [0.15, 0.2) is 42.5 Å². The van der Waals surface area contributed by atoms with Crippen LogP contribution < -0.4 is 20.1 Å². The molecule has 2 aromatic carbocycles. The largest absolute Gasteiger partial charge is 0.497 e. The number of ether oxygens (including phenoxy) is 2. The fourth-order valence-corrected chi connectivity index (χ4v) is 2.61. The molecule has 0 saturated carbocycles. The Balaban J connectivity index is 1.90. The number of methoxy groups -OCH3 is 1.